The van der Waals surface area contributed by atoms with Crippen molar-refractivity contribution in [1.82, 2.24) is 10.3 Å². The SMILES string of the molecule is CCNc1cccc(C(=O)NC2CCC(C)C(C)C2)n1. The second-order valence-electron chi connectivity index (χ2n) is 5.88. The van der Waals surface area contributed by atoms with E-state index in [1.165, 1.54) is 6.42 Å². The molecule has 0 saturated heterocycles. The van der Waals surface area contributed by atoms with Gasteiger partial charge in [0, 0.05) is 12.6 Å². The van der Waals surface area contributed by atoms with Gasteiger partial charge < -0.3 is 10.6 Å². The van der Waals surface area contributed by atoms with Crippen molar-refractivity contribution in [2.75, 3.05) is 11.9 Å². The molecule has 0 aromatic carbocycles. The van der Waals surface area contributed by atoms with Gasteiger partial charge >= 0.3 is 0 Å². The lowest BCUT2D eigenvalue weighted by Crippen LogP contribution is -2.40. The van der Waals surface area contributed by atoms with Crippen molar-refractivity contribution >= 4 is 11.7 Å². The molecule has 2 rings (SSSR count). The summed E-state index contributed by atoms with van der Waals surface area (Å²) in [4.78, 5) is 16.6. The summed E-state index contributed by atoms with van der Waals surface area (Å²) in [6, 6.07) is 5.81. The number of nitrogens with one attached hydrogen (secondary N) is 2. The molecule has 0 aliphatic heterocycles. The minimum atomic E-state index is -0.0588. The van der Waals surface area contributed by atoms with Crippen molar-refractivity contribution in [3.8, 4) is 0 Å². The van der Waals surface area contributed by atoms with Gasteiger partial charge in [-0.05, 0) is 50.2 Å². The number of aromatic nitrogens is 1. The lowest BCUT2D eigenvalue weighted by molar-refractivity contribution is 0.0905. The van der Waals surface area contributed by atoms with Gasteiger partial charge in [0.2, 0.25) is 0 Å². The van der Waals surface area contributed by atoms with Crippen LogP contribution in [0.3, 0.4) is 0 Å². The highest BCUT2D eigenvalue weighted by molar-refractivity contribution is 5.92. The Morgan fingerprint density at radius 2 is 2.10 bits per heavy atom. The van der Waals surface area contributed by atoms with E-state index in [4.69, 9.17) is 0 Å². The maximum absolute atomic E-state index is 12.3. The van der Waals surface area contributed by atoms with Crippen LogP contribution in [0.1, 0.15) is 50.5 Å². The van der Waals surface area contributed by atoms with Crippen molar-refractivity contribution < 1.29 is 4.79 Å². The first-order chi connectivity index (χ1) is 9.60. The molecule has 1 fully saturated rings. The third kappa shape index (κ3) is 3.71. The first-order valence-corrected chi connectivity index (χ1v) is 7.62. The van der Waals surface area contributed by atoms with Crippen LogP contribution < -0.4 is 10.6 Å². The summed E-state index contributed by atoms with van der Waals surface area (Å²) >= 11 is 0. The van der Waals surface area contributed by atoms with E-state index in [-0.39, 0.29) is 5.91 Å². The summed E-state index contributed by atoms with van der Waals surface area (Å²) in [6.07, 6.45) is 3.33. The van der Waals surface area contributed by atoms with Gasteiger partial charge in [0.25, 0.3) is 5.91 Å². The summed E-state index contributed by atoms with van der Waals surface area (Å²) in [5.74, 6) is 2.13. The first kappa shape index (κ1) is 14.8. The molecule has 4 nitrogen and oxygen atoms in total. The molecule has 1 saturated carbocycles. The summed E-state index contributed by atoms with van der Waals surface area (Å²) < 4.78 is 0. The van der Waals surface area contributed by atoms with Crippen LogP contribution in [0, 0.1) is 11.8 Å². The Hall–Kier alpha value is -1.58. The highest BCUT2D eigenvalue weighted by Crippen LogP contribution is 2.29. The molecule has 4 heteroatoms. The number of amides is 1. The van der Waals surface area contributed by atoms with Gasteiger partial charge in [-0.1, -0.05) is 19.9 Å². The molecule has 1 aliphatic carbocycles. The molecule has 0 radical (unpaired) electrons. The van der Waals surface area contributed by atoms with Crippen molar-refractivity contribution in [2.45, 2.75) is 46.1 Å². The fraction of sp³-hybridized carbons (Fsp3) is 0.625. The largest absolute Gasteiger partial charge is 0.370 e. The smallest absolute Gasteiger partial charge is 0.270 e. The third-order valence-electron chi connectivity index (χ3n) is 4.27. The Morgan fingerprint density at radius 1 is 1.30 bits per heavy atom. The Morgan fingerprint density at radius 3 is 2.80 bits per heavy atom. The van der Waals surface area contributed by atoms with E-state index in [0.717, 1.165) is 31.1 Å². The van der Waals surface area contributed by atoms with E-state index in [0.29, 0.717) is 17.7 Å². The third-order valence-corrected chi connectivity index (χ3v) is 4.27. The van der Waals surface area contributed by atoms with E-state index in [1.807, 2.05) is 19.1 Å². The highest BCUT2D eigenvalue weighted by Gasteiger charge is 2.26. The van der Waals surface area contributed by atoms with Gasteiger partial charge in [-0.2, -0.15) is 0 Å². The molecule has 110 valence electrons. The summed E-state index contributed by atoms with van der Waals surface area (Å²) in [7, 11) is 0. The minimum absolute atomic E-state index is 0.0588. The standard InChI is InChI=1S/C16H25N3O/c1-4-17-15-7-5-6-14(19-15)16(20)18-13-9-8-11(2)12(3)10-13/h5-7,11-13H,4,8-10H2,1-3H3,(H,17,19)(H,18,20). The summed E-state index contributed by atoms with van der Waals surface area (Å²) in [5.41, 5.74) is 0.495. The second-order valence-corrected chi connectivity index (χ2v) is 5.88. The lowest BCUT2D eigenvalue weighted by atomic mass is 9.79. The number of pyridine rings is 1. The fourth-order valence-electron chi connectivity index (χ4n) is 2.78. The summed E-state index contributed by atoms with van der Waals surface area (Å²) in [6.45, 7) is 7.38. The normalized spacial score (nSPS) is 26.1. The maximum atomic E-state index is 12.3. The van der Waals surface area contributed by atoms with Crippen molar-refractivity contribution in [3.63, 3.8) is 0 Å². The van der Waals surface area contributed by atoms with Gasteiger partial charge in [-0.15, -0.1) is 0 Å². The molecular weight excluding hydrogens is 250 g/mol. The Labute approximate surface area is 121 Å². The van der Waals surface area contributed by atoms with Crippen LogP contribution in [-0.4, -0.2) is 23.5 Å². The van der Waals surface area contributed by atoms with Gasteiger partial charge in [-0.3, -0.25) is 4.79 Å². The van der Waals surface area contributed by atoms with Crippen LogP contribution in [0.4, 0.5) is 5.82 Å². The number of hydrogen-bond acceptors (Lipinski definition) is 3. The number of rotatable bonds is 4. The zero-order valence-electron chi connectivity index (χ0n) is 12.6. The molecule has 1 aromatic rings. The highest BCUT2D eigenvalue weighted by atomic mass is 16.1. The van der Waals surface area contributed by atoms with Gasteiger partial charge in [0.15, 0.2) is 0 Å². The molecular formula is C16H25N3O. The van der Waals surface area contributed by atoms with Gasteiger partial charge in [0.1, 0.15) is 11.5 Å². The average Bonchev–Trinajstić information content (AvgIpc) is 2.43. The van der Waals surface area contributed by atoms with Crippen molar-refractivity contribution in [3.05, 3.63) is 23.9 Å². The average molecular weight is 275 g/mol. The Bertz CT molecular complexity index is 461. The predicted molar refractivity (Wildman–Crippen MR) is 81.8 cm³/mol. The zero-order valence-corrected chi connectivity index (χ0v) is 12.6. The van der Waals surface area contributed by atoms with Crippen LogP contribution in [0.5, 0.6) is 0 Å². The molecule has 2 N–H and O–H groups in total. The first-order valence-electron chi connectivity index (χ1n) is 7.62. The fourth-order valence-corrected chi connectivity index (χ4v) is 2.78. The molecule has 1 amide bonds. The van der Waals surface area contributed by atoms with E-state index in [9.17, 15) is 4.79 Å². The molecule has 1 aromatic heterocycles. The Kier molecular flexibility index (Phi) is 4.99. The number of carbonyl (C=O) groups is 1. The molecule has 20 heavy (non-hydrogen) atoms. The molecule has 0 spiro atoms. The molecule has 0 bridgehead atoms. The molecule has 1 aliphatic rings. The van der Waals surface area contributed by atoms with E-state index >= 15 is 0 Å². The number of hydrogen-bond donors (Lipinski definition) is 2. The zero-order chi connectivity index (χ0) is 14.5. The summed E-state index contributed by atoms with van der Waals surface area (Å²) in [5, 5.41) is 6.25. The van der Waals surface area contributed by atoms with Gasteiger partial charge in [0.05, 0.1) is 0 Å². The number of anilines is 1. The van der Waals surface area contributed by atoms with Crippen molar-refractivity contribution in [1.29, 1.82) is 0 Å². The topological polar surface area (TPSA) is 54.0 Å². The monoisotopic (exact) mass is 275 g/mol. The van der Waals surface area contributed by atoms with Crippen LogP contribution in [-0.2, 0) is 0 Å². The quantitative estimate of drug-likeness (QED) is 0.888. The number of carbonyl (C=O) groups excluding carboxylic acids is 1. The van der Waals surface area contributed by atoms with Crippen LogP contribution in [0.15, 0.2) is 18.2 Å². The maximum Gasteiger partial charge on any atom is 0.270 e. The lowest BCUT2D eigenvalue weighted by Gasteiger charge is -2.32. The van der Waals surface area contributed by atoms with E-state index < -0.39 is 0 Å². The van der Waals surface area contributed by atoms with Crippen LogP contribution >= 0.6 is 0 Å². The van der Waals surface area contributed by atoms with Crippen molar-refractivity contribution in [2.24, 2.45) is 11.8 Å². The van der Waals surface area contributed by atoms with Gasteiger partial charge in [-0.25, -0.2) is 4.98 Å². The minimum Gasteiger partial charge on any atom is -0.370 e. The van der Waals surface area contributed by atoms with Crippen LogP contribution in [0.25, 0.3) is 0 Å². The van der Waals surface area contributed by atoms with Crippen LogP contribution in [0.2, 0.25) is 0 Å². The van der Waals surface area contributed by atoms with E-state index in [1.54, 1.807) is 6.07 Å². The molecule has 1 heterocycles. The second kappa shape index (κ2) is 6.73. The number of nitrogens with zero attached hydrogens (tertiary/aromatic N) is 1. The molecule has 3 unspecified atom stereocenters. The molecule has 3 atom stereocenters. The van der Waals surface area contributed by atoms with E-state index in [2.05, 4.69) is 29.5 Å². The Balaban J connectivity index is 1.96. The predicted octanol–water partition coefficient (Wildman–Crippen LogP) is 3.07.